The highest BCUT2D eigenvalue weighted by molar-refractivity contribution is 6.36. The summed E-state index contributed by atoms with van der Waals surface area (Å²) in [7, 11) is 0. The van der Waals surface area contributed by atoms with E-state index >= 15 is 0 Å². The number of nitrogens with one attached hydrogen (secondary N) is 1. The Bertz CT molecular complexity index is 805. The van der Waals surface area contributed by atoms with Crippen molar-refractivity contribution in [3.63, 3.8) is 0 Å². The molecule has 0 spiro atoms. The maximum absolute atomic E-state index is 12.6. The van der Waals surface area contributed by atoms with Gasteiger partial charge in [-0.3, -0.25) is 9.59 Å². The Labute approximate surface area is 160 Å². The number of anilines is 1. The van der Waals surface area contributed by atoms with Crippen LogP contribution >= 0.6 is 34.8 Å². The molecule has 4 nitrogen and oxygen atoms in total. The second kappa shape index (κ2) is 7.65. The molecule has 1 unspecified atom stereocenters. The summed E-state index contributed by atoms with van der Waals surface area (Å²) in [6.07, 6.45) is 0.542. The number of nitrogens with zero attached hydrogens (tertiary/aromatic N) is 1. The van der Waals surface area contributed by atoms with Gasteiger partial charge in [0.1, 0.15) is 6.04 Å². The van der Waals surface area contributed by atoms with Crippen LogP contribution in [0.1, 0.15) is 12.0 Å². The highest BCUT2D eigenvalue weighted by Crippen LogP contribution is 2.29. The fourth-order valence-electron chi connectivity index (χ4n) is 2.83. The van der Waals surface area contributed by atoms with E-state index in [0.29, 0.717) is 39.3 Å². The van der Waals surface area contributed by atoms with Crippen LogP contribution in [-0.4, -0.2) is 24.4 Å². The molecule has 1 N–H and O–H groups in total. The first-order valence-electron chi connectivity index (χ1n) is 7.75. The van der Waals surface area contributed by atoms with Crippen molar-refractivity contribution in [1.29, 1.82) is 0 Å². The molecule has 2 amide bonds. The molecule has 0 bridgehead atoms. The van der Waals surface area contributed by atoms with E-state index in [9.17, 15) is 9.59 Å². The van der Waals surface area contributed by atoms with Gasteiger partial charge in [-0.25, -0.2) is 0 Å². The van der Waals surface area contributed by atoms with Crippen LogP contribution < -0.4 is 10.2 Å². The quantitative estimate of drug-likeness (QED) is 0.844. The van der Waals surface area contributed by atoms with Crippen molar-refractivity contribution in [3.8, 4) is 0 Å². The summed E-state index contributed by atoms with van der Waals surface area (Å²) in [5.74, 6) is -0.471. The first kappa shape index (κ1) is 18.1. The Morgan fingerprint density at radius 1 is 1.04 bits per heavy atom. The van der Waals surface area contributed by atoms with Gasteiger partial charge in [-0.2, -0.15) is 0 Å². The summed E-state index contributed by atoms with van der Waals surface area (Å²) in [6, 6.07) is 11.6. The molecule has 1 heterocycles. The Balaban J connectivity index is 1.67. The topological polar surface area (TPSA) is 49.4 Å². The minimum Gasteiger partial charge on any atom is -0.344 e. The van der Waals surface area contributed by atoms with Gasteiger partial charge in [0.15, 0.2) is 0 Å². The molecule has 1 atom stereocenters. The first-order chi connectivity index (χ1) is 12.0. The minimum absolute atomic E-state index is 0.0222. The Hall–Kier alpha value is -1.75. The highest BCUT2D eigenvalue weighted by Gasteiger charge is 2.34. The molecule has 2 aromatic carbocycles. The molecule has 1 aliphatic rings. The monoisotopic (exact) mass is 396 g/mol. The SMILES string of the molecule is O=C(Cc1c(Cl)cccc1Cl)NC1CCN(c2ccccc2Cl)C1=O. The van der Waals surface area contributed by atoms with Gasteiger partial charge in [0.25, 0.3) is 0 Å². The predicted octanol–water partition coefficient (Wildman–Crippen LogP) is 4.11. The average Bonchev–Trinajstić information content (AvgIpc) is 2.92. The van der Waals surface area contributed by atoms with Crippen molar-refractivity contribution in [1.82, 2.24) is 5.32 Å². The van der Waals surface area contributed by atoms with Gasteiger partial charge in [-0.15, -0.1) is 0 Å². The first-order valence-corrected chi connectivity index (χ1v) is 8.89. The second-order valence-corrected chi connectivity index (χ2v) is 6.95. The molecule has 1 saturated heterocycles. The Kier molecular flexibility index (Phi) is 5.52. The van der Waals surface area contributed by atoms with Crippen molar-refractivity contribution < 1.29 is 9.59 Å². The van der Waals surface area contributed by atoms with E-state index in [0.717, 1.165) is 0 Å². The van der Waals surface area contributed by atoms with Crippen molar-refractivity contribution >= 4 is 52.3 Å². The maximum atomic E-state index is 12.6. The number of halogens is 3. The van der Waals surface area contributed by atoms with Gasteiger partial charge in [0, 0.05) is 16.6 Å². The third kappa shape index (κ3) is 3.92. The molecule has 25 heavy (non-hydrogen) atoms. The van der Waals surface area contributed by atoms with E-state index in [1.54, 1.807) is 41.3 Å². The number of carbonyl (C=O) groups excluding carboxylic acids is 2. The average molecular weight is 398 g/mol. The lowest BCUT2D eigenvalue weighted by Gasteiger charge is -2.18. The van der Waals surface area contributed by atoms with Crippen molar-refractivity contribution in [3.05, 3.63) is 63.1 Å². The van der Waals surface area contributed by atoms with E-state index in [4.69, 9.17) is 34.8 Å². The van der Waals surface area contributed by atoms with Crippen LogP contribution in [0.15, 0.2) is 42.5 Å². The summed E-state index contributed by atoms with van der Waals surface area (Å²) in [5, 5.41) is 4.12. The van der Waals surface area contributed by atoms with Crippen molar-refractivity contribution in [2.24, 2.45) is 0 Å². The van der Waals surface area contributed by atoms with Crippen LogP contribution in [0.4, 0.5) is 5.69 Å². The molecular weight excluding hydrogens is 383 g/mol. The van der Waals surface area contributed by atoms with Crippen LogP contribution in [0, 0.1) is 0 Å². The van der Waals surface area contributed by atoms with Gasteiger partial charge in [0.05, 0.1) is 17.1 Å². The van der Waals surface area contributed by atoms with Crippen LogP contribution in [0.3, 0.4) is 0 Å². The van der Waals surface area contributed by atoms with Crippen LogP contribution in [-0.2, 0) is 16.0 Å². The fourth-order valence-corrected chi connectivity index (χ4v) is 3.60. The van der Waals surface area contributed by atoms with Crippen LogP contribution in [0.5, 0.6) is 0 Å². The van der Waals surface area contributed by atoms with E-state index in [1.165, 1.54) is 0 Å². The summed E-state index contributed by atoms with van der Waals surface area (Å²) in [4.78, 5) is 26.5. The van der Waals surface area contributed by atoms with Crippen LogP contribution in [0.2, 0.25) is 15.1 Å². The summed E-state index contributed by atoms with van der Waals surface area (Å²) in [6.45, 7) is 0.500. The number of hydrogen-bond donors (Lipinski definition) is 1. The fraction of sp³-hybridized carbons (Fsp3) is 0.222. The zero-order valence-electron chi connectivity index (χ0n) is 13.1. The second-order valence-electron chi connectivity index (χ2n) is 5.73. The molecule has 0 radical (unpaired) electrons. The molecule has 1 fully saturated rings. The molecule has 0 aliphatic carbocycles. The van der Waals surface area contributed by atoms with E-state index in [2.05, 4.69) is 5.32 Å². The zero-order valence-corrected chi connectivity index (χ0v) is 15.4. The summed E-state index contributed by atoms with van der Waals surface area (Å²) in [5.41, 5.74) is 1.21. The van der Waals surface area contributed by atoms with Gasteiger partial charge in [-0.05, 0) is 36.2 Å². The predicted molar refractivity (Wildman–Crippen MR) is 101 cm³/mol. The number of rotatable bonds is 4. The molecule has 3 rings (SSSR count). The number of hydrogen-bond acceptors (Lipinski definition) is 2. The minimum atomic E-state index is -0.579. The maximum Gasteiger partial charge on any atom is 0.249 e. The lowest BCUT2D eigenvalue weighted by atomic mass is 10.1. The molecule has 7 heteroatoms. The van der Waals surface area contributed by atoms with E-state index in [1.807, 2.05) is 6.07 Å². The number of benzene rings is 2. The smallest absolute Gasteiger partial charge is 0.249 e. The van der Waals surface area contributed by atoms with E-state index < -0.39 is 6.04 Å². The molecular formula is C18H15Cl3N2O2. The third-order valence-corrected chi connectivity index (χ3v) is 5.11. The third-order valence-electron chi connectivity index (χ3n) is 4.08. The Morgan fingerprint density at radius 3 is 2.36 bits per heavy atom. The number of carbonyl (C=O) groups is 2. The summed E-state index contributed by atoms with van der Waals surface area (Å²) < 4.78 is 0. The van der Waals surface area contributed by atoms with Gasteiger partial charge in [-0.1, -0.05) is 53.0 Å². The molecule has 2 aromatic rings. The lowest BCUT2D eigenvalue weighted by molar-refractivity contribution is -0.126. The lowest BCUT2D eigenvalue weighted by Crippen LogP contribution is -2.42. The van der Waals surface area contributed by atoms with E-state index in [-0.39, 0.29) is 18.2 Å². The normalized spacial score (nSPS) is 17.0. The number of para-hydroxylation sites is 1. The number of amides is 2. The zero-order chi connectivity index (χ0) is 18.0. The van der Waals surface area contributed by atoms with Gasteiger partial charge >= 0.3 is 0 Å². The Morgan fingerprint density at radius 2 is 1.68 bits per heavy atom. The van der Waals surface area contributed by atoms with Crippen LogP contribution in [0.25, 0.3) is 0 Å². The summed E-state index contributed by atoms with van der Waals surface area (Å²) >= 11 is 18.3. The largest absolute Gasteiger partial charge is 0.344 e. The standard InChI is InChI=1S/C18H15Cl3N2O2/c19-12-5-3-6-13(20)11(12)10-17(24)22-15-8-9-23(18(15)25)16-7-2-1-4-14(16)21/h1-7,15H,8-10H2,(H,22,24). The molecule has 130 valence electrons. The molecule has 1 aliphatic heterocycles. The van der Waals surface area contributed by atoms with Gasteiger partial charge < -0.3 is 10.2 Å². The highest BCUT2D eigenvalue weighted by atomic mass is 35.5. The van der Waals surface area contributed by atoms with Crippen molar-refractivity contribution in [2.75, 3.05) is 11.4 Å². The molecule has 0 saturated carbocycles. The van der Waals surface area contributed by atoms with Gasteiger partial charge in [0.2, 0.25) is 11.8 Å². The van der Waals surface area contributed by atoms with Crippen molar-refractivity contribution in [2.45, 2.75) is 18.9 Å². The molecule has 0 aromatic heterocycles.